The Morgan fingerprint density at radius 1 is 0.677 bits per heavy atom. The zero-order valence-corrected chi connectivity index (χ0v) is 22.3. The van der Waals surface area contributed by atoms with E-state index in [-0.39, 0.29) is 28.0 Å². The van der Waals surface area contributed by atoms with Crippen molar-refractivity contribution in [1.29, 1.82) is 0 Å². The minimum absolute atomic E-state index is 0. The van der Waals surface area contributed by atoms with Crippen LogP contribution in [0.3, 0.4) is 0 Å². The van der Waals surface area contributed by atoms with E-state index in [9.17, 15) is 10.2 Å². The summed E-state index contributed by atoms with van der Waals surface area (Å²) in [4.78, 5) is 8.64. The third kappa shape index (κ3) is 12.8. The zero-order chi connectivity index (χ0) is 22.2. The molecule has 2 aromatic rings. The van der Waals surface area contributed by atoms with Gasteiger partial charge in [-0.15, -0.1) is 47.0 Å². The molecule has 0 aliphatic rings. The minimum atomic E-state index is 0. The van der Waals surface area contributed by atoms with Crippen LogP contribution in [0, 0.1) is 0 Å². The van der Waals surface area contributed by atoms with Gasteiger partial charge in [0.05, 0.1) is 22.3 Å². The molecule has 0 radical (unpaired) electrons. The molecule has 0 saturated heterocycles. The number of aliphatic imine (C=N–C) groups is 2. The van der Waals surface area contributed by atoms with Crippen LogP contribution in [-0.2, 0) is 16.5 Å². The van der Waals surface area contributed by atoms with Gasteiger partial charge in [-0.2, -0.15) is 0 Å². The van der Waals surface area contributed by atoms with Gasteiger partial charge in [0, 0.05) is 40.0 Å². The van der Waals surface area contributed by atoms with Gasteiger partial charge in [0.2, 0.25) is 0 Å². The summed E-state index contributed by atoms with van der Waals surface area (Å²) in [6, 6.07) is 14.4. The molecule has 2 N–H and O–H groups in total. The van der Waals surface area contributed by atoms with E-state index in [1.165, 1.54) is 0 Å². The molecule has 9 heteroatoms. The number of aromatic hydroxyl groups is 2. The van der Waals surface area contributed by atoms with E-state index < -0.39 is 0 Å². The molecule has 2 aromatic carbocycles. The van der Waals surface area contributed by atoms with Crippen molar-refractivity contribution >= 4 is 59.5 Å². The summed E-state index contributed by atoms with van der Waals surface area (Å²) in [5.74, 6) is 0.567. The molecule has 0 spiro atoms. The SMILES string of the molecule is CSC(CN=Cc1ccccc1O)SC.CSC(CN=Cc1ccccc1O)SC.[Ni]. The Morgan fingerprint density at radius 2 is 1.00 bits per heavy atom. The maximum Gasteiger partial charge on any atom is 0.124 e. The van der Waals surface area contributed by atoms with Crippen molar-refractivity contribution in [2.24, 2.45) is 9.98 Å². The number of thioether (sulfide) groups is 4. The summed E-state index contributed by atoms with van der Waals surface area (Å²) < 4.78 is 0.985. The van der Waals surface area contributed by atoms with E-state index in [0.29, 0.717) is 9.16 Å². The van der Waals surface area contributed by atoms with E-state index in [1.54, 1.807) is 83.7 Å². The standard InChI is InChI=1S/2C11H15NOS2.Ni/c2*1-14-11(15-2)8-12-7-9-5-3-4-6-10(9)13;/h2*3-7,11,13H,8H2,1-2H3;. The second-order valence-corrected chi connectivity index (χ2v) is 10.7. The Labute approximate surface area is 213 Å². The van der Waals surface area contributed by atoms with Crippen LogP contribution in [0.1, 0.15) is 11.1 Å². The average molecular weight is 541 g/mol. The summed E-state index contributed by atoms with van der Waals surface area (Å²) in [5, 5.41) is 19.0. The monoisotopic (exact) mass is 540 g/mol. The normalized spacial score (nSPS) is 11.0. The second kappa shape index (κ2) is 18.8. The van der Waals surface area contributed by atoms with Gasteiger partial charge in [-0.1, -0.05) is 24.3 Å². The molecule has 0 heterocycles. The van der Waals surface area contributed by atoms with Gasteiger partial charge in [0.25, 0.3) is 0 Å². The van der Waals surface area contributed by atoms with Crippen LogP contribution in [0.15, 0.2) is 58.5 Å². The van der Waals surface area contributed by atoms with Crippen molar-refractivity contribution in [3.05, 3.63) is 59.7 Å². The molecule has 0 fully saturated rings. The number of phenols is 2. The first-order chi connectivity index (χ1) is 14.5. The molecule has 0 atom stereocenters. The number of hydrogen-bond donors (Lipinski definition) is 2. The zero-order valence-electron chi connectivity index (χ0n) is 18.1. The van der Waals surface area contributed by atoms with Gasteiger partial charge < -0.3 is 10.2 Å². The Morgan fingerprint density at radius 3 is 1.29 bits per heavy atom. The van der Waals surface area contributed by atoms with E-state index in [2.05, 4.69) is 35.0 Å². The molecule has 174 valence electrons. The fourth-order valence-electron chi connectivity index (χ4n) is 2.16. The molecular weight excluding hydrogens is 511 g/mol. The molecule has 0 amide bonds. The van der Waals surface area contributed by atoms with Crippen molar-refractivity contribution < 1.29 is 26.7 Å². The fourth-order valence-corrected chi connectivity index (χ4v) is 4.64. The summed E-state index contributed by atoms with van der Waals surface area (Å²) in [7, 11) is 0. The maximum absolute atomic E-state index is 9.49. The summed E-state index contributed by atoms with van der Waals surface area (Å²) in [6.07, 6.45) is 11.8. The van der Waals surface area contributed by atoms with E-state index >= 15 is 0 Å². The summed E-state index contributed by atoms with van der Waals surface area (Å²) >= 11 is 7.18. The average Bonchev–Trinajstić information content (AvgIpc) is 2.77. The third-order valence-corrected chi connectivity index (χ3v) is 8.90. The summed E-state index contributed by atoms with van der Waals surface area (Å²) in [5.41, 5.74) is 1.55. The minimum Gasteiger partial charge on any atom is -0.507 e. The van der Waals surface area contributed by atoms with Crippen LogP contribution in [0.2, 0.25) is 0 Å². The molecule has 0 aliphatic heterocycles. The number of para-hydroxylation sites is 2. The van der Waals surface area contributed by atoms with Crippen LogP contribution in [-0.4, -0.2) is 69.9 Å². The predicted octanol–water partition coefficient (Wildman–Crippen LogP) is 5.72. The van der Waals surface area contributed by atoms with Crippen molar-refractivity contribution in [1.82, 2.24) is 0 Å². The fraction of sp³-hybridized carbons (Fsp3) is 0.364. The molecule has 0 aromatic heterocycles. The Bertz CT molecular complexity index is 720. The van der Waals surface area contributed by atoms with E-state index in [0.717, 1.165) is 24.2 Å². The van der Waals surface area contributed by atoms with Crippen LogP contribution >= 0.6 is 47.0 Å². The van der Waals surface area contributed by atoms with E-state index in [1.807, 2.05) is 24.3 Å². The molecule has 31 heavy (non-hydrogen) atoms. The van der Waals surface area contributed by atoms with Crippen LogP contribution in [0.5, 0.6) is 11.5 Å². The summed E-state index contributed by atoms with van der Waals surface area (Å²) in [6.45, 7) is 1.55. The van der Waals surface area contributed by atoms with Gasteiger partial charge in [-0.3, -0.25) is 9.98 Å². The molecule has 0 saturated carbocycles. The molecule has 4 nitrogen and oxygen atoms in total. The van der Waals surface area contributed by atoms with Crippen molar-refractivity contribution in [2.45, 2.75) is 9.16 Å². The number of phenolic OH excluding ortho intramolecular Hbond substituents is 2. The van der Waals surface area contributed by atoms with Crippen molar-refractivity contribution in [3.8, 4) is 11.5 Å². The van der Waals surface area contributed by atoms with Crippen LogP contribution in [0.25, 0.3) is 0 Å². The van der Waals surface area contributed by atoms with Crippen molar-refractivity contribution in [3.63, 3.8) is 0 Å². The van der Waals surface area contributed by atoms with Crippen LogP contribution < -0.4 is 0 Å². The van der Waals surface area contributed by atoms with Gasteiger partial charge in [-0.05, 0) is 49.3 Å². The Kier molecular flexibility index (Phi) is 18.4. The maximum atomic E-state index is 9.49. The van der Waals surface area contributed by atoms with Gasteiger partial charge >= 0.3 is 0 Å². The van der Waals surface area contributed by atoms with E-state index in [4.69, 9.17) is 0 Å². The largest absolute Gasteiger partial charge is 0.507 e. The number of rotatable bonds is 10. The molecule has 0 unspecified atom stereocenters. The number of hydrogen-bond acceptors (Lipinski definition) is 8. The number of nitrogens with zero attached hydrogens (tertiary/aromatic N) is 2. The second-order valence-electron chi connectivity index (χ2n) is 5.91. The Balaban J connectivity index is 0.000000562. The van der Waals surface area contributed by atoms with Crippen molar-refractivity contribution in [2.75, 3.05) is 38.1 Å². The molecule has 0 bridgehead atoms. The first kappa shape index (κ1) is 30.3. The van der Waals surface area contributed by atoms with Crippen LogP contribution in [0.4, 0.5) is 0 Å². The first-order valence-corrected chi connectivity index (χ1v) is 14.4. The molecule has 0 aliphatic carbocycles. The molecular formula is C22H30N2NiO2S4. The smallest absolute Gasteiger partial charge is 0.124 e. The first-order valence-electron chi connectivity index (χ1n) is 9.22. The molecule has 2 rings (SSSR count). The third-order valence-electron chi connectivity index (χ3n) is 3.89. The predicted molar refractivity (Wildman–Crippen MR) is 143 cm³/mol. The van der Waals surface area contributed by atoms with Gasteiger partial charge in [-0.25, -0.2) is 0 Å². The topological polar surface area (TPSA) is 65.2 Å². The van der Waals surface area contributed by atoms with Gasteiger partial charge in [0.1, 0.15) is 11.5 Å². The number of benzene rings is 2. The Hall–Kier alpha value is -0.726. The quantitative estimate of drug-likeness (QED) is 0.228. The van der Waals surface area contributed by atoms with Gasteiger partial charge in [0.15, 0.2) is 0 Å².